The van der Waals surface area contributed by atoms with Crippen LogP contribution in [0.4, 0.5) is 0 Å². The highest BCUT2D eigenvalue weighted by Crippen LogP contribution is 2.23. The van der Waals surface area contributed by atoms with Crippen molar-refractivity contribution >= 4 is 23.4 Å². The Hall–Kier alpha value is -2.33. The van der Waals surface area contributed by atoms with Crippen LogP contribution in [0.1, 0.15) is 33.2 Å². The number of hydrogen-bond donors (Lipinski definition) is 0. The van der Waals surface area contributed by atoms with Crippen molar-refractivity contribution in [2.75, 3.05) is 7.11 Å². The van der Waals surface area contributed by atoms with Gasteiger partial charge in [-0.3, -0.25) is 4.79 Å². The molecular weight excluding hydrogens is 304 g/mol. The fourth-order valence-corrected chi connectivity index (χ4v) is 2.25. The minimum atomic E-state index is -0.393. The maximum absolute atomic E-state index is 11.5. The van der Waals surface area contributed by atoms with Crippen LogP contribution < -0.4 is 4.74 Å². The van der Waals surface area contributed by atoms with Gasteiger partial charge in [-0.15, -0.1) is 0 Å². The molecule has 5 heteroatoms. The largest absolute Gasteiger partial charge is 0.489 e. The molecule has 0 aliphatic carbocycles. The van der Waals surface area contributed by atoms with Crippen molar-refractivity contribution < 1.29 is 19.1 Å². The second-order valence-corrected chi connectivity index (χ2v) is 5.09. The molecule has 0 N–H and O–H groups in total. The summed E-state index contributed by atoms with van der Waals surface area (Å²) < 4.78 is 10.3. The second kappa shape index (κ2) is 7.09. The lowest BCUT2D eigenvalue weighted by atomic mass is 10.1. The number of halogens is 1. The molecule has 0 aliphatic heterocycles. The average Bonchev–Trinajstić information content (AvgIpc) is 2.52. The van der Waals surface area contributed by atoms with Crippen molar-refractivity contribution in [1.29, 1.82) is 0 Å². The van der Waals surface area contributed by atoms with E-state index in [1.54, 1.807) is 36.4 Å². The summed E-state index contributed by atoms with van der Waals surface area (Å²) in [6.45, 7) is 1.74. The van der Waals surface area contributed by atoms with Crippen LogP contribution in [0.2, 0.25) is 5.02 Å². The van der Waals surface area contributed by atoms with Crippen LogP contribution in [0.15, 0.2) is 42.5 Å². The van der Waals surface area contributed by atoms with Gasteiger partial charge in [0.05, 0.1) is 17.7 Å². The van der Waals surface area contributed by atoms with E-state index in [0.717, 1.165) is 5.56 Å². The van der Waals surface area contributed by atoms with Crippen molar-refractivity contribution in [3.8, 4) is 5.75 Å². The highest BCUT2D eigenvalue weighted by molar-refractivity contribution is 6.34. The van der Waals surface area contributed by atoms with Gasteiger partial charge < -0.3 is 9.47 Å². The quantitative estimate of drug-likeness (QED) is 0.619. The standard InChI is InChI=1S/C17H15ClO4/c1-11(19)15-7-6-14(9-16(15)18)22-10-12-4-3-5-13(8-12)17(20)21-2/h3-9H,10H2,1-2H3. The zero-order chi connectivity index (χ0) is 16.1. The Balaban J connectivity index is 2.09. The fraction of sp³-hybridized carbons (Fsp3) is 0.176. The first-order valence-corrected chi connectivity index (χ1v) is 6.99. The van der Waals surface area contributed by atoms with Crippen molar-refractivity contribution in [3.63, 3.8) is 0 Å². The molecule has 0 atom stereocenters. The number of ether oxygens (including phenoxy) is 2. The van der Waals surface area contributed by atoms with Crippen LogP contribution in [-0.2, 0) is 11.3 Å². The first kappa shape index (κ1) is 16.0. The molecule has 0 fully saturated rings. The molecule has 0 saturated heterocycles. The number of carbonyl (C=O) groups is 2. The summed E-state index contributed by atoms with van der Waals surface area (Å²) in [6, 6.07) is 11.9. The smallest absolute Gasteiger partial charge is 0.337 e. The van der Waals surface area contributed by atoms with E-state index in [1.807, 2.05) is 6.07 Å². The third-order valence-corrected chi connectivity index (χ3v) is 3.39. The van der Waals surface area contributed by atoms with Gasteiger partial charge in [0, 0.05) is 5.56 Å². The van der Waals surface area contributed by atoms with Crippen molar-refractivity contribution in [2.45, 2.75) is 13.5 Å². The molecular formula is C17H15ClO4. The van der Waals surface area contributed by atoms with Crippen molar-refractivity contribution in [3.05, 3.63) is 64.2 Å². The van der Waals surface area contributed by atoms with Gasteiger partial charge in [-0.25, -0.2) is 4.79 Å². The van der Waals surface area contributed by atoms with Crippen LogP contribution in [0, 0.1) is 0 Å². The summed E-state index contributed by atoms with van der Waals surface area (Å²) in [5.74, 6) is 0.0662. The summed E-state index contributed by atoms with van der Waals surface area (Å²) in [6.07, 6.45) is 0. The molecule has 0 heterocycles. The van der Waals surface area contributed by atoms with Gasteiger partial charge >= 0.3 is 5.97 Å². The molecule has 0 aromatic heterocycles. The van der Waals surface area contributed by atoms with Crippen LogP contribution in [0.5, 0.6) is 5.75 Å². The number of methoxy groups -OCH3 is 1. The van der Waals surface area contributed by atoms with Gasteiger partial charge in [0.15, 0.2) is 5.78 Å². The first-order valence-electron chi connectivity index (χ1n) is 6.62. The third kappa shape index (κ3) is 3.86. The fourth-order valence-electron chi connectivity index (χ4n) is 1.94. The molecule has 0 saturated carbocycles. The Bertz CT molecular complexity index is 710. The SMILES string of the molecule is COC(=O)c1cccc(COc2ccc(C(C)=O)c(Cl)c2)c1. The Morgan fingerprint density at radius 3 is 2.55 bits per heavy atom. The minimum Gasteiger partial charge on any atom is -0.489 e. The van der Waals surface area contributed by atoms with Gasteiger partial charge in [0.25, 0.3) is 0 Å². The van der Waals surface area contributed by atoms with Crippen molar-refractivity contribution in [2.24, 2.45) is 0 Å². The van der Waals surface area contributed by atoms with Crippen LogP contribution in [0.25, 0.3) is 0 Å². The van der Waals surface area contributed by atoms with Crippen LogP contribution >= 0.6 is 11.6 Å². The number of hydrogen-bond acceptors (Lipinski definition) is 4. The molecule has 0 radical (unpaired) electrons. The van der Waals surface area contributed by atoms with E-state index in [-0.39, 0.29) is 12.4 Å². The zero-order valence-electron chi connectivity index (χ0n) is 12.3. The summed E-state index contributed by atoms with van der Waals surface area (Å²) in [5, 5.41) is 0.355. The number of esters is 1. The first-order chi connectivity index (χ1) is 10.5. The molecule has 4 nitrogen and oxygen atoms in total. The van der Waals surface area contributed by atoms with Crippen LogP contribution in [-0.4, -0.2) is 18.9 Å². The van der Waals surface area contributed by atoms with Gasteiger partial charge in [-0.2, -0.15) is 0 Å². The maximum atomic E-state index is 11.5. The lowest BCUT2D eigenvalue weighted by molar-refractivity contribution is 0.0600. The number of ketones is 1. The highest BCUT2D eigenvalue weighted by Gasteiger charge is 2.08. The second-order valence-electron chi connectivity index (χ2n) is 4.68. The Morgan fingerprint density at radius 1 is 1.14 bits per heavy atom. The summed E-state index contributed by atoms with van der Waals surface area (Å²) in [5.41, 5.74) is 1.75. The molecule has 0 aliphatic rings. The van der Waals surface area contributed by atoms with E-state index in [1.165, 1.54) is 14.0 Å². The summed E-state index contributed by atoms with van der Waals surface area (Å²) >= 11 is 6.03. The molecule has 2 aromatic carbocycles. The molecule has 0 spiro atoms. The number of carbonyl (C=O) groups excluding carboxylic acids is 2. The minimum absolute atomic E-state index is 0.0951. The predicted octanol–water partition coefficient (Wildman–Crippen LogP) is 3.91. The van der Waals surface area contributed by atoms with Gasteiger partial charge in [-0.05, 0) is 42.8 Å². The van der Waals surface area contributed by atoms with E-state index in [4.69, 9.17) is 16.3 Å². The van der Waals surface area contributed by atoms with E-state index >= 15 is 0 Å². The lowest BCUT2D eigenvalue weighted by Gasteiger charge is -2.09. The average molecular weight is 319 g/mol. The molecule has 2 rings (SSSR count). The Kier molecular flexibility index (Phi) is 5.17. The van der Waals surface area contributed by atoms with E-state index < -0.39 is 5.97 Å². The number of Topliss-reactive ketones (excluding diaryl/α,β-unsaturated/α-hetero) is 1. The zero-order valence-corrected chi connectivity index (χ0v) is 13.0. The maximum Gasteiger partial charge on any atom is 0.337 e. The molecule has 0 amide bonds. The normalized spacial score (nSPS) is 10.1. The highest BCUT2D eigenvalue weighted by atomic mass is 35.5. The van der Waals surface area contributed by atoms with Gasteiger partial charge in [0.1, 0.15) is 12.4 Å². The molecule has 0 unspecified atom stereocenters. The number of rotatable bonds is 5. The topological polar surface area (TPSA) is 52.6 Å². The summed E-state index contributed by atoms with van der Waals surface area (Å²) in [7, 11) is 1.34. The summed E-state index contributed by atoms with van der Waals surface area (Å²) in [4.78, 5) is 22.8. The monoisotopic (exact) mass is 318 g/mol. The van der Waals surface area contributed by atoms with Gasteiger partial charge in [0.2, 0.25) is 0 Å². The Morgan fingerprint density at radius 2 is 1.91 bits per heavy atom. The van der Waals surface area contributed by atoms with Crippen LogP contribution in [0.3, 0.4) is 0 Å². The van der Waals surface area contributed by atoms with Crippen molar-refractivity contribution in [1.82, 2.24) is 0 Å². The molecule has 0 bridgehead atoms. The number of benzene rings is 2. The third-order valence-electron chi connectivity index (χ3n) is 3.07. The molecule has 22 heavy (non-hydrogen) atoms. The molecule has 114 valence electrons. The van der Waals surface area contributed by atoms with E-state index in [9.17, 15) is 9.59 Å². The van der Waals surface area contributed by atoms with Gasteiger partial charge in [-0.1, -0.05) is 23.7 Å². The molecule has 2 aromatic rings. The lowest BCUT2D eigenvalue weighted by Crippen LogP contribution is -2.03. The van der Waals surface area contributed by atoms with E-state index in [0.29, 0.717) is 21.9 Å². The predicted molar refractivity (Wildman–Crippen MR) is 83.6 cm³/mol. The Labute approximate surface area is 133 Å². The van der Waals surface area contributed by atoms with E-state index in [2.05, 4.69) is 4.74 Å².